The number of aromatic nitrogens is 2. The third-order valence-corrected chi connectivity index (χ3v) is 5.15. The summed E-state index contributed by atoms with van der Waals surface area (Å²) >= 11 is 1.45. The Morgan fingerprint density at radius 1 is 1.19 bits per heavy atom. The van der Waals surface area contributed by atoms with Gasteiger partial charge in [-0.2, -0.15) is 0 Å². The minimum absolute atomic E-state index is 0.0582. The number of benzene rings is 1. The Morgan fingerprint density at radius 2 is 1.88 bits per heavy atom. The molecule has 0 spiro atoms. The van der Waals surface area contributed by atoms with Gasteiger partial charge >= 0.3 is 0 Å². The summed E-state index contributed by atoms with van der Waals surface area (Å²) in [7, 11) is 4.73. The number of nitrogens with zero attached hydrogens (tertiary/aromatic N) is 2. The summed E-state index contributed by atoms with van der Waals surface area (Å²) in [5.74, 6) is 2.08. The van der Waals surface area contributed by atoms with Gasteiger partial charge in [0.05, 0.1) is 27.1 Å². The Labute approximate surface area is 157 Å². The zero-order valence-electron chi connectivity index (χ0n) is 15.2. The van der Waals surface area contributed by atoms with Crippen LogP contribution in [-0.2, 0) is 11.3 Å². The van der Waals surface area contributed by atoms with Crippen LogP contribution in [0.5, 0.6) is 17.2 Å². The molecule has 1 N–H and O–H groups in total. The van der Waals surface area contributed by atoms with Crippen molar-refractivity contribution in [3.8, 4) is 17.2 Å². The van der Waals surface area contributed by atoms with E-state index in [2.05, 4.69) is 14.9 Å². The fourth-order valence-corrected chi connectivity index (χ4v) is 3.50. The molecular weight excluding hydrogens is 354 g/mol. The van der Waals surface area contributed by atoms with Crippen molar-refractivity contribution in [3.63, 3.8) is 0 Å². The number of hydrogen-bond acceptors (Lipinski definition) is 6. The number of nitrogens with one attached hydrogen (secondary N) is 1. The number of methoxy groups -OCH3 is 3. The molecule has 1 heterocycles. The number of carbonyl (C=O) groups is 1. The Kier molecular flexibility index (Phi) is 5.92. The summed E-state index contributed by atoms with van der Waals surface area (Å²) in [5, 5.41) is 3.81. The summed E-state index contributed by atoms with van der Waals surface area (Å²) < 4.78 is 18.1. The normalized spacial score (nSPS) is 13.3. The van der Waals surface area contributed by atoms with Gasteiger partial charge in [-0.05, 0) is 18.9 Å². The number of rotatable bonds is 9. The Balaban J connectivity index is 1.57. The van der Waals surface area contributed by atoms with Gasteiger partial charge in [-0.15, -0.1) is 0 Å². The van der Waals surface area contributed by atoms with Crippen molar-refractivity contribution in [1.82, 2.24) is 14.9 Å². The van der Waals surface area contributed by atoms with E-state index in [0.717, 1.165) is 10.7 Å². The van der Waals surface area contributed by atoms with E-state index in [1.54, 1.807) is 33.6 Å². The van der Waals surface area contributed by atoms with Gasteiger partial charge in [0.15, 0.2) is 16.7 Å². The maximum Gasteiger partial charge on any atom is 0.230 e. The average molecular weight is 377 g/mol. The number of ether oxygens (including phenoxy) is 3. The minimum atomic E-state index is -0.0582. The molecule has 2 aromatic rings. The lowest BCUT2D eigenvalue weighted by atomic mass is 10.1. The van der Waals surface area contributed by atoms with Gasteiger partial charge < -0.3 is 24.1 Å². The Bertz CT molecular complexity index is 774. The predicted molar refractivity (Wildman–Crippen MR) is 99.2 cm³/mol. The maximum absolute atomic E-state index is 12.2. The Hall–Kier alpha value is -2.35. The SMILES string of the molecule is COc1cc(OC)c(OC)cc1CNC(=O)CSc1nccn1C1CC1. The van der Waals surface area contributed by atoms with Gasteiger partial charge in [0.1, 0.15) is 5.75 Å². The molecule has 1 aliphatic carbocycles. The Morgan fingerprint density at radius 3 is 2.54 bits per heavy atom. The first kappa shape index (κ1) is 18.4. The smallest absolute Gasteiger partial charge is 0.230 e. The summed E-state index contributed by atoms with van der Waals surface area (Å²) in [6.45, 7) is 0.347. The highest BCUT2D eigenvalue weighted by molar-refractivity contribution is 7.99. The highest BCUT2D eigenvalue weighted by Gasteiger charge is 2.25. The van der Waals surface area contributed by atoms with E-state index < -0.39 is 0 Å². The minimum Gasteiger partial charge on any atom is -0.496 e. The van der Waals surface area contributed by atoms with E-state index in [1.165, 1.54) is 24.6 Å². The molecule has 7 nitrogen and oxygen atoms in total. The van der Waals surface area contributed by atoms with E-state index in [-0.39, 0.29) is 5.91 Å². The fourth-order valence-electron chi connectivity index (χ4n) is 2.65. The highest BCUT2D eigenvalue weighted by Crippen LogP contribution is 2.37. The second-order valence-electron chi connectivity index (χ2n) is 5.93. The standard InChI is InChI=1S/C18H23N3O4S/c1-23-14-9-16(25-3)15(24-2)8-12(14)10-20-17(22)11-26-18-19-6-7-21(18)13-4-5-13/h6-9,13H,4-5,10-11H2,1-3H3,(H,20,22). The van der Waals surface area contributed by atoms with Crippen LogP contribution in [0.15, 0.2) is 29.7 Å². The maximum atomic E-state index is 12.2. The molecule has 0 saturated heterocycles. The van der Waals surface area contributed by atoms with E-state index in [1.807, 2.05) is 12.3 Å². The van der Waals surface area contributed by atoms with Crippen molar-refractivity contribution in [2.75, 3.05) is 27.1 Å². The van der Waals surface area contributed by atoms with Crippen LogP contribution in [0.1, 0.15) is 24.4 Å². The molecule has 0 aliphatic heterocycles. The molecule has 0 atom stereocenters. The third kappa shape index (κ3) is 4.24. The number of hydrogen-bond donors (Lipinski definition) is 1. The van der Waals surface area contributed by atoms with Crippen molar-refractivity contribution >= 4 is 17.7 Å². The van der Waals surface area contributed by atoms with Crippen LogP contribution in [0.25, 0.3) is 0 Å². The number of imidazole rings is 1. The van der Waals surface area contributed by atoms with Crippen LogP contribution in [-0.4, -0.2) is 42.5 Å². The molecule has 140 valence electrons. The summed E-state index contributed by atoms with van der Waals surface area (Å²) in [5.41, 5.74) is 0.822. The number of amides is 1. The molecule has 0 bridgehead atoms. The zero-order chi connectivity index (χ0) is 18.5. The molecule has 3 rings (SSSR count). The van der Waals surface area contributed by atoms with Crippen molar-refractivity contribution in [2.45, 2.75) is 30.6 Å². The van der Waals surface area contributed by atoms with Crippen molar-refractivity contribution in [1.29, 1.82) is 0 Å². The first-order valence-electron chi connectivity index (χ1n) is 8.37. The first-order chi connectivity index (χ1) is 12.7. The van der Waals surface area contributed by atoms with E-state index in [4.69, 9.17) is 14.2 Å². The van der Waals surface area contributed by atoms with E-state index >= 15 is 0 Å². The highest BCUT2D eigenvalue weighted by atomic mass is 32.2. The number of thioether (sulfide) groups is 1. The molecule has 1 aromatic carbocycles. The zero-order valence-corrected chi connectivity index (χ0v) is 16.0. The lowest BCUT2D eigenvalue weighted by Gasteiger charge is -2.14. The lowest BCUT2D eigenvalue weighted by molar-refractivity contribution is -0.118. The van der Waals surface area contributed by atoms with E-state index in [9.17, 15) is 4.79 Å². The largest absolute Gasteiger partial charge is 0.496 e. The average Bonchev–Trinajstić information content (AvgIpc) is 3.41. The van der Waals surface area contributed by atoms with Crippen molar-refractivity contribution < 1.29 is 19.0 Å². The molecule has 1 aromatic heterocycles. The van der Waals surface area contributed by atoms with Crippen LogP contribution in [0.4, 0.5) is 0 Å². The van der Waals surface area contributed by atoms with Gasteiger partial charge in [-0.3, -0.25) is 4.79 Å². The van der Waals surface area contributed by atoms with Crippen LogP contribution in [0, 0.1) is 0 Å². The summed E-state index contributed by atoms with van der Waals surface area (Å²) in [6.07, 6.45) is 6.14. The molecule has 0 radical (unpaired) electrons. The molecule has 1 saturated carbocycles. The molecule has 1 fully saturated rings. The lowest BCUT2D eigenvalue weighted by Crippen LogP contribution is -2.25. The fraction of sp³-hybridized carbons (Fsp3) is 0.444. The molecule has 0 unspecified atom stereocenters. The van der Waals surface area contributed by atoms with Gasteiger partial charge in [0.2, 0.25) is 5.91 Å². The number of carbonyl (C=O) groups excluding carboxylic acids is 1. The van der Waals surface area contributed by atoms with Crippen molar-refractivity contribution in [3.05, 3.63) is 30.1 Å². The second-order valence-corrected chi connectivity index (χ2v) is 6.88. The molecule has 1 aliphatic rings. The van der Waals surface area contributed by atoms with Crippen LogP contribution >= 0.6 is 11.8 Å². The van der Waals surface area contributed by atoms with Gasteiger partial charge in [0, 0.05) is 36.6 Å². The van der Waals surface area contributed by atoms with Gasteiger partial charge in [-0.25, -0.2) is 4.98 Å². The van der Waals surface area contributed by atoms with Gasteiger partial charge in [0.25, 0.3) is 0 Å². The van der Waals surface area contributed by atoms with Crippen LogP contribution < -0.4 is 19.5 Å². The molecular formula is C18H23N3O4S. The summed E-state index contributed by atoms with van der Waals surface area (Å²) in [4.78, 5) is 16.6. The third-order valence-electron chi connectivity index (χ3n) is 4.17. The van der Waals surface area contributed by atoms with Crippen LogP contribution in [0.2, 0.25) is 0 Å². The monoisotopic (exact) mass is 377 g/mol. The van der Waals surface area contributed by atoms with Gasteiger partial charge in [-0.1, -0.05) is 11.8 Å². The summed E-state index contributed by atoms with van der Waals surface area (Å²) in [6, 6.07) is 4.12. The quantitative estimate of drug-likeness (QED) is 0.677. The predicted octanol–water partition coefficient (Wildman–Crippen LogP) is 2.65. The van der Waals surface area contributed by atoms with E-state index in [0.29, 0.717) is 35.6 Å². The van der Waals surface area contributed by atoms with Crippen LogP contribution in [0.3, 0.4) is 0 Å². The second kappa shape index (κ2) is 8.35. The van der Waals surface area contributed by atoms with Crippen molar-refractivity contribution in [2.24, 2.45) is 0 Å². The molecule has 26 heavy (non-hydrogen) atoms. The molecule has 8 heteroatoms. The topological polar surface area (TPSA) is 74.6 Å². The first-order valence-corrected chi connectivity index (χ1v) is 9.36. The molecule has 1 amide bonds.